The van der Waals surface area contributed by atoms with Gasteiger partial charge in [-0.25, -0.2) is 0 Å². The molecule has 0 bridgehead atoms. The van der Waals surface area contributed by atoms with Crippen LogP contribution in [0.5, 0.6) is 0 Å². The molecule has 0 heterocycles. The summed E-state index contributed by atoms with van der Waals surface area (Å²) in [6.07, 6.45) is 7.66. The molecule has 0 aromatic rings. The van der Waals surface area contributed by atoms with Gasteiger partial charge in [0.2, 0.25) is 5.91 Å². The molecule has 4 heteroatoms. The van der Waals surface area contributed by atoms with Gasteiger partial charge in [-0.15, -0.1) is 0 Å². The molecule has 0 aliphatic heterocycles. The molecule has 4 nitrogen and oxygen atoms in total. The molecule has 0 aromatic carbocycles. The van der Waals surface area contributed by atoms with Crippen LogP contribution in [0, 0.1) is 17.8 Å². The van der Waals surface area contributed by atoms with Crippen molar-refractivity contribution in [3.63, 3.8) is 0 Å². The SMILES string of the molecule is O=C(O)CC1(NC(=O)C2C3CCCCC32)CCC1. The maximum Gasteiger partial charge on any atom is 0.305 e. The summed E-state index contributed by atoms with van der Waals surface area (Å²) in [5, 5.41) is 12.0. The third kappa shape index (κ3) is 2.02. The van der Waals surface area contributed by atoms with Gasteiger partial charge >= 0.3 is 5.97 Å². The number of hydrogen-bond acceptors (Lipinski definition) is 2. The van der Waals surface area contributed by atoms with Gasteiger partial charge in [0.15, 0.2) is 0 Å². The van der Waals surface area contributed by atoms with Crippen LogP contribution < -0.4 is 5.32 Å². The maximum absolute atomic E-state index is 12.3. The number of carboxylic acid groups (broad SMARTS) is 1. The minimum absolute atomic E-state index is 0.0841. The fraction of sp³-hybridized carbons (Fsp3) is 0.857. The Morgan fingerprint density at radius 1 is 1.11 bits per heavy atom. The van der Waals surface area contributed by atoms with E-state index in [-0.39, 0.29) is 18.2 Å². The topological polar surface area (TPSA) is 66.4 Å². The molecule has 18 heavy (non-hydrogen) atoms. The van der Waals surface area contributed by atoms with Gasteiger partial charge in [0.1, 0.15) is 0 Å². The summed E-state index contributed by atoms with van der Waals surface area (Å²) in [5.74, 6) is 0.719. The predicted octanol–water partition coefficient (Wildman–Crippen LogP) is 1.94. The largest absolute Gasteiger partial charge is 0.481 e. The Kier molecular flexibility index (Phi) is 2.83. The van der Waals surface area contributed by atoms with E-state index in [1.165, 1.54) is 25.7 Å². The summed E-state index contributed by atoms with van der Waals surface area (Å²) in [6, 6.07) is 0. The molecular weight excluding hydrogens is 230 g/mol. The molecule has 3 fully saturated rings. The van der Waals surface area contributed by atoms with E-state index in [0.717, 1.165) is 19.3 Å². The molecule has 3 aliphatic carbocycles. The summed E-state index contributed by atoms with van der Waals surface area (Å²) in [5.41, 5.74) is -0.422. The second-order valence-corrected chi connectivity index (χ2v) is 6.33. The fourth-order valence-electron chi connectivity index (χ4n) is 3.96. The van der Waals surface area contributed by atoms with Crippen molar-refractivity contribution in [3.05, 3.63) is 0 Å². The van der Waals surface area contributed by atoms with E-state index in [9.17, 15) is 9.59 Å². The number of fused-ring (bicyclic) bond motifs is 1. The minimum atomic E-state index is -0.803. The molecule has 2 N–H and O–H groups in total. The van der Waals surface area contributed by atoms with Gasteiger partial charge in [0, 0.05) is 5.92 Å². The van der Waals surface area contributed by atoms with Gasteiger partial charge < -0.3 is 10.4 Å². The monoisotopic (exact) mass is 251 g/mol. The first-order valence-electron chi connectivity index (χ1n) is 7.15. The fourth-order valence-corrected chi connectivity index (χ4v) is 3.96. The molecule has 1 amide bonds. The van der Waals surface area contributed by atoms with Crippen LogP contribution in [0.4, 0.5) is 0 Å². The smallest absolute Gasteiger partial charge is 0.305 e. The quantitative estimate of drug-likeness (QED) is 0.802. The number of carbonyl (C=O) groups excluding carboxylic acids is 1. The van der Waals surface area contributed by atoms with Crippen LogP contribution in [-0.4, -0.2) is 22.5 Å². The Bertz CT molecular complexity index is 363. The van der Waals surface area contributed by atoms with Gasteiger partial charge in [-0.1, -0.05) is 12.8 Å². The van der Waals surface area contributed by atoms with Crippen LogP contribution in [0.1, 0.15) is 51.4 Å². The second-order valence-electron chi connectivity index (χ2n) is 6.33. The van der Waals surface area contributed by atoms with Gasteiger partial charge in [-0.3, -0.25) is 9.59 Å². The predicted molar refractivity (Wildman–Crippen MR) is 65.9 cm³/mol. The average Bonchev–Trinajstić information content (AvgIpc) is 2.99. The molecule has 0 spiro atoms. The lowest BCUT2D eigenvalue weighted by Crippen LogP contribution is -2.55. The summed E-state index contributed by atoms with van der Waals surface area (Å²) in [6.45, 7) is 0. The highest BCUT2D eigenvalue weighted by atomic mass is 16.4. The van der Waals surface area contributed by atoms with Crippen LogP contribution in [-0.2, 0) is 9.59 Å². The van der Waals surface area contributed by atoms with Gasteiger partial charge in [0.05, 0.1) is 12.0 Å². The van der Waals surface area contributed by atoms with Crippen LogP contribution in [0.25, 0.3) is 0 Å². The molecule has 3 aliphatic rings. The molecule has 0 aromatic heterocycles. The highest BCUT2D eigenvalue weighted by molar-refractivity contribution is 5.84. The standard InChI is InChI=1S/C14H21NO3/c16-11(17)8-14(6-3-7-14)15-13(18)12-9-4-1-2-5-10(9)12/h9-10,12H,1-8H2,(H,15,18)(H,16,17). The van der Waals surface area contributed by atoms with Crippen molar-refractivity contribution >= 4 is 11.9 Å². The minimum Gasteiger partial charge on any atom is -0.481 e. The summed E-state index contributed by atoms with van der Waals surface area (Å²) in [4.78, 5) is 23.1. The molecule has 3 saturated carbocycles. The zero-order chi connectivity index (χ0) is 12.8. The Labute approximate surface area is 107 Å². The van der Waals surface area contributed by atoms with Crippen molar-refractivity contribution in [2.45, 2.75) is 56.9 Å². The van der Waals surface area contributed by atoms with Crippen LogP contribution in [0.2, 0.25) is 0 Å². The number of aliphatic carboxylic acids is 1. The van der Waals surface area contributed by atoms with Crippen molar-refractivity contribution in [2.75, 3.05) is 0 Å². The Hall–Kier alpha value is -1.06. The lowest BCUT2D eigenvalue weighted by atomic mass is 9.74. The van der Waals surface area contributed by atoms with Crippen molar-refractivity contribution in [1.29, 1.82) is 0 Å². The number of nitrogens with one attached hydrogen (secondary N) is 1. The van der Waals surface area contributed by atoms with Crippen molar-refractivity contribution in [3.8, 4) is 0 Å². The van der Waals surface area contributed by atoms with E-state index in [2.05, 4.69) is 5.32 Å². The van der Waals surface area contributed by atoms with Gasteiger partial charge in [-0.05, 0) is 43.9 Å². The summed E-state index contributed by atoms with van der Waals surface area (Å²) >= 11 is 0. The average molecular weight is 251 g/mol. The van der Waals surface area contributed by atoms with E-state index in [4.69, 9.17) is 5.11 Å². The van der Waals surface area contributed by atoms with E-state index in [0.29, 0.717) is 11.8 Å². The highest BCUT2D eigenvalue weighted by Gasteiger charge is 2.56. The van der Waals surface area contributed by atoms with E-state index in [1.54, 1.807) is 0 Å². The maximum atomic E-state index is 12.3. The normalized spacial score (nSPS) is 36.1. The molecule has 2 unspecified atom stereocenters. The van der Waals surface area contributed by atoms with Crippen molar-refractivity contribution < 1.29 is 14.7 Å². The third-order valence-corrected chi connectivity index (χ3v) is 5.15. The Morgan fingerprint density at radius 2 is 1.72 bits per heavy atom. The van der Waals surface area contributed by atoms with Gasteiger partial charge in [-0.2, -0.15) is 0 Å². The first kappa shape index (κ1) is 12.0. The Balaban J connectivity index is 1.59. The summed E-state index contributed by atoms with van der Waals surface area (Å²) in [7, 11) is 0. The lowest BCUT2D eigenvalue weighted by molar-refractivity contribution is -0.140. The van der Waals surface area contributed by atoms with Crippen LogP contribution >= 0.6 is 0 Å². The number of carboxylic acids is 1. The zero-order valence-electron chi connectivity index (χ0n) is 10.7. The van der Waals surface area contributed by atoms with Crippen molar-refractivity contribution in [2.24, 2.45) is 17.8 Å². The van der Waals surface area contributed by atoms with E-state index >= 15 is 0 Å². The number of rotatable bonds is 4. The molecule has 100 valence electrons. The Morgan fingerprint density at radius 3 is 2.17 bits per heavy atom. The first-order valence-corrected chi connectivity index (χ1v) is 7.15. The molecule has 2 atom stereocenters. The van der Waals surface area contributed by atoms with Gasteiger partial charge in [0.25, 0.3) is 0 Å². The number of hydrogen-bond donors (Lipinski definition) is 2. The van der Waals surface area contributed by atoms with E-state index in [1.807, 2.05) is 0 Å². The van der Waals surface area contributed by atoms with E-state index < -0.39 is 11.5 Å². The molecule has 0 radical (unpaired) electrons. The van der Waals surface area contributed by atoms with Crippen LogP contribution in [0.15, 0.2) is 0 Å². The lowest BCUT2D eigenvalue weighted by Gasteiger charge is -2.41. The number of carbonyl (C=O) groups is 2. The number of amides is 1. The second kappa shape index (κ2) is 4.25. The third-order valence-electron chi connectivity index (χ3n) is 5.15. The van der Waals surface area contributed by atoms with Crippen molar-refractivity contribution in [1.82, 2.24) is 5.32 Å². The molecular formula is C14H21NO3. The zero-order valence-corrected chi connectivity index (χ0v) is 10.7. The molecule has 0 saturated heterocycles. The van der Waals surface area contributed by atoms with Crippen LogP contribution in [0.3, 0.4) is 0 Å². The summed E-state index contributed by atoms with van der Waals surface area (Å²) < 4.78 is 0. The first-order chi connectivity index (χ1) is 8.61. The highest BCUT2D eigenvalue weighted by Crippen LogP contribution is 2.55. The molecule has 3 rings (SSSR count).